The number of benzene rings is 2. The predicted molar refractivity (Wildman–Crippen MR) is 94.3 cm³/mol. The van der Waals surface area contributed by atoms with Crippen molar-refractivity contribution in [2.75, 3.05) is 13.7 Å². The Morgan fingerprint density at radius 2 is 1.71 bits per heavy atom. The van der Waals surface area contributed by atoms with Gasteiger partial charge < -0.3 is 9.64 Å². The molecular weight excluding hydrogens is 349 g/mol. The zero-order valence-electron chi connectivity index (χ0n) is 13.2. The quantitative estimate of drug-likeness (QED) is 0.720. The molecule has 0 aromatic heterocycles. The van der Waals surface area contributed by atoms with E-state index in [0.29, 0.717) is 22.2 Å². The van der Waals surface area contributed by atoms with Gasteiger partial charge in [-0.15, -0.1) is 0 Å². The lowest BCUT2D eigenvalue weighted by Gasteiger charge is -2.23. The minimum Gasteiger partial charge on any atom is -0.469 e. The van der Waals surface area contributed by atoms with Crippen molar-refractivity contribution in [1.82, 2.24) is 4.90 Å². The summed E-state index contributed by atoms with van der Waals surface area (Å²) in [7, 11) is 1.32. The maximum absolute atomic E-state index is 12.8. The van der Waals surface area contributed by atoms with Gasteiger partial charge in [0.15, 0.2) is 0 Å². The van der Waals surface area contributed by atoms with Gasteiger partial charge in [0.25, 0.3) is 5.91 Å². The number of hydrogen-bond donors (Lipinski definition) is 0. The molecule has 2 aromatic rings. The Morgan fingerprint density at radius 3 is 2.33 bits per heavy atom. The van der Waals surface area contributed by atoms with E-state index in [-0.39, 0.29) is 24.8 Å². The van der Waals surface area contributed by atoms with E-state index < -0.39 is 0 Å². The Balaban J connectivity index is 2.21. The highest BCUT2D eigenvalue weighted by Crippen LogP contribution is 2.19. The third-order valence-electron chi connectivity index (χ3n) is 3.51. The molecule has 2 rings (SSSR count). The minimum atomic E-state index is -0.372. The SMILES string of the molecule is COC(=O)CCN(Cc1ccccc1Cl)C(=O)c1ccc(Cl)cc1. The average molecular weight is 366 g/mol. The molecule has 0 aliphatic carbocycles. The van der Waals surface area contributed by atoms with Gasteiger partial charge in [0.05, 0.1) is 13.5 Å². The van der Waals surface area contributed by atoms with Crippen LogP contribution < -0.4 is 0 Å². The molecule has 0 saturated heterocycles. The summed E-state index contributed by atoms with van der Waals surface area (Å²) in [5.74, 6) is -0.571. The van der Waals surface area contributed by atoms with Crippen molar-refractivity contribution in [3.8, 4) is 0 Å². The van der Waals surface area contributed by atoms with Crippen LogP contribution in [-0.2, 0) is 16.1 Å². The smallest absolute Gasteiger partial charge is 0.307 e. The Morgan fingerprint density at radius 1 is 1.04 bits per heavy atom. The standard InChI is InChI=1S/C18H17Cl2NO3/c1-24-17(22)10-11-21(12-14-4-2-3-5-16(14)20)18(23)13-6-8-15(19)9-7-13/h2-9H,10-12H2,1H3. The van der Waals surface area contributed by atoms with E-state index in [2.05, 4.69) is 4.74 Å². The van der Waals surface area contributed by atoms with Crippen molar-refractivity contribution in [2.24, 2.45) is 0 Å². The molecule has 6 heteroatoms. The van der Waals surface area contributed by atoms with Crippen molar-refractivity contribution in [3.05, 3.63) is 69.7 Å². The number of carbonyl (C=O) groups excluding carboxylic acids is 2. The van der Waals surface area contributed by atoms with Crippen LogP contribution >= 0.6 is 23.2 Å². The molecule has 0 N–H and O–H groups in total. The third-order valence-corrected chi connectivity index (χ3v) is 4.13. The van der Waals surface area contributed by atoms with Crippen molar-refractivity contribution in [2.45, 2.75) is 13.0 Å². The number of halogens is 2. The summed E-state index contributed by atoms with van der Waals surface area (Å²) in [6.45, 7) is 0.539. The number of rotatable bonds is 6. The highest BCUT2D eigenvalue weighted by molar-refractivity contribution is 6.31. The zero-order valence-corrected chi connectivity index (χ0v) is 14.7. The van der Waals surface area contributed by atoms with Crippen LogP contribution in [0.2, 0.25) is 10.0 Å². The summed E-state index contributed by atoms with van der Waals surface area (Å²) < 4.78 is 4.66. The fourth-order valence-corrected chi connectivity index (χ4v) is 2.51. The topological polar surface area (TPSA) is 46.6 Å². The number of methoxy groups -OCH3 is 1. The molecule has 0 bridgehead atoms. The average Bonchev–Trinajstić information content (AvgIpc) is 2.59. The molecule has 0 aliphatic heterocycles. The summed E-state index contributed by atoms with van der Waals surface area (Å²) in [5, 5.41) is 1.13. The largest absolute Gasteiger partial charge is 0.469 e. The molecule has 0 unspecified atom stereocenters. The second-order valence-corrected chi connectivity index (χ2v) is 5.99. The normalized spacial score (nSPS) is 10.3. The highest BCUT2D eigenvalue weighted by atomic mass is 35.5. The fourth-order valence-electron chi connectivity index (χ4n) is 2.19. The van der Waals surface area contributed by atoms with Crippen molar-refractivity contribution in [1.29, 1.82) is 0 Å². The molecule has 24 heavy (non-hydrogen) atoms. The van der Waals surface area contributed by atoms with Crippen molar-refractivity contribution in [3.63, 3.8) is 0 Å². The number of esters is 1. The van der Waals surface area contributed by atoms with Crippen LogP contribution in [0.15, 0.2) is 48.5 Å². The van der Waals surface area contributed by atoms with Gasteiger partial charge in [-0.05, 0) is 35.9 Å². The maximum atomic E-state index is 12.8. The van der Waals surface area contributed by atoms with E-state index in [1.807, 2.05) is 18.2 Å². The lowest BCUT2D eigenvalue weighted by molar-refractivity contribution is -0.140. The van der Waals surface area contributed by atoms with E-state index in [4.69, 9.17) is 23.2 Å². The van der Waals surface area contributed by atoms with Gasteiger partial charge in [-0.3, -0.25) is 9.59 Å². The van der Waals surface area contributed by atoms with Gasteiger partial charge in [-0.2, -0.15) is 0 Å². The number of amides is 1. The molecule has 0 atom stereocenters. The first-order valence-electron chi connectivity index (χ1n) is 7.36. The first-order valence-corrected chi connectivity index (χ1v) is 8.12. The molecule has 2 aromatic carbocycles. The van der Waals surface area contributed by atoms with Gasteiger partial charge in [0.1, 0.15) is 0 Å². The van der Waals surface area contributed by atoms with E-state index in [1.165, 1.54) is 7.11 Å². The molecule has 4 nitrogen and oxygen atoms in total. The number of carbonyl (C=O) groups is 2. The van der Waals surface area contributed by atoms with Gasteiger partial charge in [-0.25, -0.2) is 0 Å². The Labute approximate surface area is 150 Å². The van der Waals surface area contributed by atoms with E-state index >= 15 is 0 Å². The van der Waals surface area contributed by atoms with Crippen LogP contribution in [-0.4, -0.2) is 30.4 Å². The van der Waals surface area contributed by atoms with Crippen molar-refractivity contribution < 1.29 is 14.3 Å². The molecular formula is C18H17Cl2NO3. The van der Waals surface area contributed by atoms with Gasteiger partial charge in [0, 0.05) is 28.7 Å². The number of ether oxygens (including phenoxy) is 1. The first kappa shape index (κ1) is 18.3. The molecule has 126 valence electrons. The summed E-state index contributed by atoms with van der Waals surface area (Å²) in [6, 6.07) is 13.9. The monoisotopic (exact) mass is 365 g/mol. The fraction of sp³-hybridized carbons (Fsp3) is 0.222. The summed E-state index contributed by atoms with van der Waals surface area (Å²) in [5.41, 5.74) is 1.31. The third kappa shape index (κ3) is 4.98. The zero-order chi connectivity index (χ0) is 17.5. The summed E-state index contributed by atoms with van der Waals surface area (Å²) >= 11 is 12.0. The second-order valence-electron chi connectivity index (χ2n) is 5.15. The summed E-state index contributed by atoms with van der Waals surface area (Å²) in [4.78, 5) is 25.8. The first-order chi connectivity index (χ1) is 11.5. The summed E-state index contributed by atoms with van der Waals surface area (Å²) in [6.07, 6.45) is 0.111. The lowest BCUT2D eigenvalue weighted by atomic mass is 10.1. The molecule has 0 saturated carbocycles. The van der Waals surface area contributed by atoms with Crippen LogP contribution in [0.1, 0.15) is 22.3 Å². The van der Waals surface area contributed by atoms with Crippen molar-refractivity contribution >= 4 is 35.1 Å². The minimum absolute atomic E-state index is 0.111. The maximum Gasteiger partial charge on any atom is 0.307 e. The Hall–Kier alpha value is -2.04. The molecule has 0 aliphatic rings. The van der Waals surface area contributed by atoms with Gasteiger partial charge in [0.2, 0.25) is 0 Å². The molecule has 1 amide bonds. The highest BCUT2D eigenvalue weighted by Gasteiger charge is 2.18. The van der Waals surface area contributed by atoms with Gasteiger partial charge >= 0.3 is 5.97 Å². The molecule has 0 fully saturated rings. The van der Waals surface area contributed by atoms with Crippen LogP contribution in [0.25, 0.3) is 0 Å². The van der Waals surface area contributed by atoms with Crippen LogP contribution in [0.5, 0.6) is 0 Å². The van der Waals surface area contributed by atoms with E-state index in [0.717, 1.165) is 5.56 Å². The molecule has 0 radical (unpaired) electrons. The van der Waals surface area contributed by atoms with Gasteiger partial charge in [-0.1, -0.05) is 41.4 Å². The number of hydrogen-bond acceptors (Lipinski definition) is 3. The van der Waals surface area contributed by atoms with Crippen LogP contribution in [0.3, 0.4) is 0 Å². The Bertz CT molecular complexity index is 716. The van der Waals surface area contributed by atoms with E-state index in [9.17, 15) is 9.59 Å². The number of nitrogens with zero attached hydrogens (tertiary/aromatic N) is 1. The van der Waals surface area contributed by atoms with Crippen LogP contribution in [0, 0.1) is 0 Å². The molecule has 0 spiro atoms. The molecule has 0 heterocycles. The van der Waals surface area contributed by atoms with E-state index in [1.54, 1.807) is 35.2 Å². The predicted octanol–water partition coefficient (Wildman–Crippen LogP) is 4.20. The lowest BCUT2D eigenvalue weighted by Crippen LogP contribution is -2.32. The Kier molecular flexibility index (Phi) is 6.64. The second kappa shape index (κ2) is 8.71. The van der Waals surface area contributed by atoms with Crippen LogP contribution in [0.4, 0.5) is 0 Å².